The van der Waals surface area contributed by atoms with E-state index < -0.39 is 43.8 Å². The molecule has 2 nitrogen and oxygen atoms in total. The Hall–Kier alpha value is -0.500. The lowest BCUT2D eigenvalue weighted by atomic mass is 9.93. The van der Waals surface area contributed by atoms with Crippen molar-refractivity contribution in [2.24, 2.45) is 5.92 Å². The predicted octanol–water partition coefficient (Wildman–Crippen LogP) is 1.51. The van der Waals surface area contributed by atoms with Gasteiger partial charge in [-0.25, -0.2) is 8.78 Å². The van der Waals surface area contributed by atoms with E-state index in [0.717, 1.165) is 0 Å². The van der Waals surface area contributed by atoms with Crippen LogP contribution >= 0.6 is 0 Å². The number of hydrogen-bond acceptors (Lipinski definition) is 2. The molecule has 0 aliphatic heterocycles. The van der Waals surface area contributed by atoms with Crippen LogP contribution in [-0.4, -0.2) is 41.7 Å². The van der Waals surface area contributed by atoms with Gasteiger partial charge in [0.1, 0.15) is 0 Å². The van der Waals surface area contributed by atoms with Gasteiger partial charge < -0.3 is 10.2 Å². The summed E-state index contributed by atoms with van der Waals surface area (Å²) in [7, 11) is 0. The topological polar surface area (TPSA) is 40.5 Å². The van der Waals surface area contributed by atoms with E-state index in [0.29, 0.717) is 0 Å². The molecule has 92 valence electrons. The van der Waals surface area contributed by atoms with E-state index in [9.17, 15) is 26.3 Å². The monoisotopic (exact) mass is 240 g/mol. The first-order valence-electron chi connectivity index (χ1n) is 3.97. The van der Waals surface area contributed by atoms with Gasteiger partial charge in [-0.05, 0) is 6.42 Å². The van der Waals surface area contributed by atoms with Gasteiger partial charge >= 0.3 is 18.3 Å². The number of alkyl halides is 6. The lowest BCUT2D eigenvalue weighted by Gasteiger charge is -2.31. The summed E-state index contributed by atoms with van der Waals surface area (Å²) in [5.41, 5.74) is 0. The molecule has 0 aliphatic rings. The van der Waals surface area contributed by atoms with E-state index in [2.05, 4.69) is 0 Å². The highest BCUT2D eigenvalue weighted by Gasteiger charge is 2.65. The molecule has 15 heavy (non-hydrogen) atoms. The van der Waals surface area contributed by atoms with Crippen LogP contribution in [0.2, 0.25) is 0 Å². The zero-order valence-corrected chi connectivity index (χ0v) is 7.44. The molecule has 1 unspecified atom stereocenters. The van der Waals surface area contributed by atoms with Crippen LogP contribution in [0.25, 0.3) is 0 Å². The smallest absolute Gasteiger partial charge is 0.369 e. The third-order valence-corrected chi connectivity index (χ3v) is 1.93. The molecule has 0 rings (SSSR count). The molecule has 0 spiro atoms. The van der Waals surface area contributed by atoms with Gasteiger partial charge in [0, 0.05) is 6.61 Å². The molecule has 0 amide bonds. The second-order valence-electron chi connectivity index (χ2n) is 2.94. The molecule has 0 radical (unpaired) electrons. The van der Waals surface area contributed by atoms with Gasteiger partial charge in [-0.1, -0.05) is 0 Å². The molecule has 0 aromatic rings. The van der Waals surface area contributed by atoms with E-state index in [-0.39, 0.29) is 0 Å². The first kappa shape index (κ1) is 14.5. The van der Waals surface area contributed by atoms with Crippen LogP contribution in [0.5, 0.6) is 0 Å². The molecule has 0 saturated heterocycles. The lowest BCUT2D eigenvalue weighted by molar-refractivity contribution is -0.288. The van der Waals surface area contributed by atoms with Crippen LogP contribution < -0.4 is 0 Å². The van der Waals surface area contributed by atoms with Crippen LogP contribution in [0, 0.1) is 5.92 Å². The molecule has 8 heteroatoms. The molecule has 0 aliphatic carbocycles. The third kappa shape index (κ3) is 2.75. The second kappa shape index (κ2) is 5.02. The minimum Gasteiger partial charge on any atom is -0.396 e. The minimum atomic E-state index is -5.52. The quantitative estimate of drug-likeness (QED) is 0.691. The Balaban J connectivity index is 4.90. The van der Waals surface area contributed by atoms with Gasteiger partial charge in [-0.2, -0.15) is 17.6 Å². The summed E-state index contributed by atoms with van der Waals surface area (Å²) in [6, 6.07) is 0. The van der Waals surface area contributed by atoms with E-state index in [1.807, 2.05) is 0 Å². The van der Waals surface area contributed by atoms with Gasteiger partial charge in [0.2, 0.25) is 0 Å². The number of aliphatic hydroxyl groups is 2. The normalized spacial score (nSPS) is 15.8. The molecule has 0 aromatic heterocycles. The van der Waals surface area contributed by atoms with Crippen molar-refractivity contribution in [3.63, 3.8) is 0 Å². The maximum atomic E-state index is 12.8. The predicted molar refractivity (Wildman–Crippen MR) is 38.2 cm³/mol. The van der Waals surface area contributed by atoms with Crippen molar-refractivity contribution in [3.8, 4) is 0 Å². The van der Waals surface area contributed by atoms with Crippen molar-refractivity contribution in [2.75, 3.05) is 13.2 Å². The zero-order chi connectivity index (χ0) is 12.3. The van der Waals surface area contributed by atoms with Crippen molar-refractivity contribution in [1.29, 1.82) is 0 Å². The summed E-state index contributed by atoms with van der Waals surface area (Å²) in [6.45, 7) is -2.31. The molecular formula is C7H10F6O2. The Kier molecular flexibility index (Phi) is 4.85. The Morgan fingerprint density at radius 1 is 0.933 bits per heavy atom. The van der Waals surface area contributed by atoms with Gasteiger partial charge in [0.25, 0.3) is 0 Å². The van der Waals surface area contributed by atoms with Gasteiger partial charge in [0.15, 0.2) is 0 Å². The van der Waals surface area contributed by atoms with Gasteiger partial charge in [-0.3, -0.25) is 0 Å². The number of hydrogen-bond donors (Lipinski definition) is 2. The first-order chi connectivity index (χ1) is 6.71. The molecule has 0 fully saturated rings. The standard InChI is InChI=1S/C7H10F6O2/c8-5(9)7(12,13)6(10,11)4(3-15)1-2-14/h4-5,14-15H,1-3H2. The Labute approximate surface area is 81.5 Å². The van der Waals surface area contributed by atoms with Crippen molar-refractivity contribution in [1.82, 2.24) is 0 Å². The summed E-state index contributed by atoms with van der Waals surface area (Å²) >= 11 is 0. The highest BCUT2D eigenvalue weighted by Crippen LogP contribution is 2.44. The number of aliphatic hydroxyl groups excluding tert-OH is 2. The molecule has 0 saturated carbocycles. The third-order valence-electron chi connectivity index (χ3n) is 1.93. The SMILES string of the molecule is OCCC(CO)C(F)(F)C(F)(F)C(F)F. The maximum absolute atomic E-state index is 12.8. The fraction of sp³-hybridized carbons (Fsp3) is 1.00. The molecular weight excluding hydrogens is 230 g/mol. The Bertz CT molecular complexity index is 196. The average Bonchev–Trinajstić information content (AvgIpc) is 2.13. The van der Waals surface area contributed by atoms with Gasteiger partial charge in [0.05, 0.1) is 12.5 Å². The second-order valence-corrected chi connectivity index (χ2v) is 2.94. The highest BCUT2D eigenvalue weighted by atomic mass is 19.3. The van der Waals surface area contributed by atoms with E-state index in [1.54, 1.807) is 0 Å². The fourth-order valence-corrected chi connectivity index (χ4v) is 0.961. The minimum absolute atomic E-state index is 0.883. The molecule has 2 N–H and O–H groups in total. The van der Waals surface area contributed by atoms with Crippen LogP contribution in [0.3, 0.4) is 0 Å². The Morgan fingerprint density at radius 3 is 1.67 bits per heavy atom. The lowest BCUT2D eigenvalue weighted by Crippen LogP contribution is -2.52. The van der Waals surface area contributed by atoms with Crippen LogP contribution in [0.1, 0.15) is 6.42 Å². The summed E-state index contributed by atoms with van der Waals surface area (Å²) in [5.74, 6) is -13.0. The molecule has 0 bridgehead atoms. The van der Waals surface area contributed by atoms with Crippen LogP contribution in [-0.2, 0) is 0 Å². The zero-order valence-electron chi connectivity index (χ0n) is 7.44. The van der Waals surface area contributed by atoms with Crippen molar-refractivity contribution in [3.05, 3.63) is 0 Å². The van der Waals surface area contributed by atoms with Crippen LogP contribution in [0.15, 0.2) is 0 Å². The maximum Gasteiger partial charge on any atom is 0.369 e. The summed E-state index contributed by atoms with van der Waals surface area (Å²) in [5, 5.41) is 16.6. The van der Waals surface area contributed by atoms with Gasteiger partial charge in [-0.15, -0.1) is 0 Å². The molecule has 0 heterocycles. The fourth-order valence-electron chi connectivity index (χ4n) is 0.961. The van der Waals surface area contributed by atoms with Crippen molar-refractivity contribution in [2.45, 2.75) is 24.7 Å². The molecule has 1 atom stereocenters. The average molecular weight is 240 g/mol. The Morgan fingerprint density at radius 2 is 1.40 bits per heavy atom. The van der Waals surface area contributed by atoms with E-state index in [4.69, 9.17) is 10.2 Å². The summed E-state index contributed by atoms with van der Waals surface area (Å²) in [6.07, 6.45) is -5.41. The number of rotatable bonds is 6. The summed E-state index contributed by atoms with van der Waals surface area (Å²) < 4.78 is 73.7. The summed E-state index contributed by atoms with van der Waals surface area (Å²) in [4.78, 5) is 0. The largest absolute Gasteiger partial charge is 0.396 e. The first-order valence-corrected chi connectivity index (χ1v) is 3.97. The highest BCUT2D eigenvalue weighted by molar-refractivity contribution is 4.92. The van der Waals surface area contributed by atoms with E-state index >= 15 is 0 Å². The molecule has 0 aromatic carbocycles. The number of halogens is 6. The van der Waals surface area contributed by atoms with Crippen molar-refractivity contribution < 1.29 is 36.6 Å². The van der Waals surface area contributed by atoms with E-state index in [1.165, 1.54) is 0 Å². The van der Waals surface area contributed by atoms with Crippen LogP contribution in [0.4, 0.5) is 26.3 Å². The van der Waals surface area contributed by atoms with Crippen molar-refractivity contribution >= 4 is 0 Å².